The van der Waals surface area contributed by atoms with Crippen LogP contribution >= 0.6 is 0 Å². The summed E-state index contributed by atoms with van der Waals surface area (Å²) in [4.78, 5) is 14.3. The zero-order chi connectivity index (χ0) is 14.0. The summed E-state index contributed by atoms with van der Waals surface area (Å²) in [6.45, 7) is 10.6. The van der Waals surface area contributed by atoms with Crippen LogP contribution in [-0.2, 0) is 9.53 Å². The Labute approximate surface area is 112 Å². The van der Waals surface area contributed by atoms with Gasteiger partial charge >= 0.3 is 0 Å². The predicted molar refractivity (Wildman–Crippen MR) is 75.7 cm³/mol. The van der Waals surface area contributed by atoms with E-state index < -0.39 is 0 Å². The minimum atomic E-state index is 0.231. The van der Waals surface area contributed by atoms with Gasteiger partial charge in [-0.05, 0) is 26.3 Å². The lowest BCUT2D eigenvalue weighted by Crippen LogP contribution is -2.44. The van der Waals surface area contributed by atoms with Crippen LogP contribution in [0.15, 0.2) is 0 Å². The molecule has 0 aliphatic rings. The van der Waals surface area contributed by atoms with Gasteiger partial charge in [-0.2, -0.15) is 0 Å². The molecule has 1 N–H and O–H groups in total. The Hall–Kier alpha value is -0.610. The van der Waals surface area contributed by atoms with Crippen molar-refractivity contribution in [2.45, 2.75) is 59.0 Å². The van der Waals surface area contributed by atoms with Gasteiger partial charge in [-0.25, -0.2) is 0 Å². The number of nitrogens with one attached hydrogen (secondary N) is 1. The van der Waals surface area contributed by atoms with Crippen LogP contribution in [0.2, 0.25) is 0 Å². The van der Waals surface area contributed by atoms with E-state index in [9.17, 15) is 4.79 Å². The van der Waals surface area contributed by atoms with Gasteiger partial charge in [0.25, 0.3) is 0 Å². The Bertz CT molecular complexity index is 218. The molecule has 0 saturated carbocycles. The number of amides is 1. The number of carbonyl (C=O) groups is 1. The van der Waals surface area contributed by atoms with Gasteiger partial charge in [-0.15, -0.1) is 0 Å². The van der Waals surface area contributed by atoms with Crippen molar-refractivity contribution < 1.29 is 9.53 Å². The molecule has 0 aromatic heterocycles. The molecule has 0 fully saturated rings. The summed E-state index contributed by atoms with van der Waals surface area (Å²) in [5.41, 5.74) is 0. The maximum Gasteiger partial charge on any atom is 0.224 e. The molecule has 0 aliphatic heterocycles. The van der Waals surface area contributed by atoms with Gasteiger partial charge in [0.1, 0.15) is 0 Å². The second-order valence-electron chi connectivity index (χ2n) is 4.71. The Morgan fingerprint density at radius 3 is 2.33 bits per heavy atom. The summed E-state index contributed by atoms with van der Waals surface area (Å²) in [6.07, 6.45) is 2.57. The lowest BCUT2D eigenvalue weighted by Gasteiger charge is -2.31. The number of hydrogen-bond acceptors (Lipinski definition) is 3. The van der Waals surface area contributed by atoms with Gasteiger partial charge < -0.3 is 15.0 Å². The SMILES string of the molecule is CCNC(C)CC(=O)N(CCOC)C(CC)CC. The number of carbonyl (C=O) groups excluding carboxylic acids is 1. The van der Waals surface area contributed by atoms with Crippen molar-refractivity contribution >= 4 is 5.91 Å². The first-order valence-electron chi connectivity index (χ1n) is 7.12. The fourth-order valence-electron chi connectivity index (χ4n) is 2.23. The van der Waals surface area contributed by atoms with Crippen molar-refractivity contribution in [3.8, 4) is 0 Å². The molecule has 0 spiro atoms. The highest BCUT2D eigenvalue weighted by Gasteiger charge is 2.21. The highest BCUT2D eigenvalue weighted by Crippen LogP contribution is 2.11. The fraction of sp³-hybridized carbons (Fsp3) is 0.929. The van der Waals surface area contributed by atoms with Crippen molar-refractivity contribution in [2.75, 3.05) is 26.8 Å². The van der Waals surface area contributed by atoms with E-state index in [-0.39, 0.29) is 11.9 Å². The van der Waals surface area contributed by atoms with Crippen molar-refractivity contribution in [1.29, 1.82) is 0 Å². The van der Waals surface area contributed by atoms with Gasteiger partial charge in [0, 0.05) is 32.2 Å². The first-order chi connectivity index (χ1) is 8.60. The van der Waals surface area contributed by atoms with Crippen molar-refractivity contribution in [3.63, 3.8) is 0 Å². The van der Waals surface area contributed by atoms with Crippen LogP contribution in [0.1, 0.15) is 47.0 Å². The molecule has 0 bridgehead atoms. The predicted octanol–water partition coefficient (Wildman–Crippen LogP) is 2.04. The number of nitrogens with zero attached hydrogens (tertiary/aromatic N) is 1. The van der Waals surface area contributed by atoms with E-state index in [1.54, 1.807) is 7.11 Å². The zero-order valence-corrected chi connectivity index (χ0v) is 12.7. The lowest BCUT2D eigenvalue weighted by molar-refractivity contribution is -0.134. The van der Waals surface area contributed by atoms with Crippen LogP contribution < -0.4 is 5.32 Å². The molecule has 0 saturated heterocycles. The first kappa shape index (κ1) is 17.4. The second kappa shape index (κ2) is 10.3. The van der Waals surface area contributed by atoms with Gasteiger partial charge in [-0.1, -0.05) is 20.8 Å². The van der Waals surface area contributed by atoms with Gasteiger partial charge in [0.05, 0.1) is 6.61 Å². The fourth-order valence-corrected chi connectivity index (χ4v) is 2.23. The topological polar surface area (TPSA) is 41.6 Å². The van der Waals surface area contributed by atoms with Gasteiger partial charge in [0.2, 0.25) is 5.91 Å². The third kappa shape index (κ3) is 6.36. The smallest absolute Gasteiger partial charge is 0.224 e. The van der Waals surface area contributed by atoms with Crippen molar-refractivity contribution in [3.05, 3.63) is 0 Å². The quantitative estimate of drug-likeness (QED) is 0.652. The normalized spacial score (nSPS) is 12.8. The summed E-state index contributed by atoms with van der Waals surface area (Å²) in [6, 6.07) is 0.573. The summed E-state index contributed by atoms with van der Waals surface area (Å²) in [5, 5.41) is 3.28. The summed E-state index contributed by atoms with van der Waals surface area (Å²) < 4.78 is 5.10. The summed E-state index contributed by atoms with van der Waals surface area (Å²) in [7, 11) is 1.68. The highest BCUT2D eigenvalue weighted by molar-refractivity contribution is 5.77. The minimum absolute atomic E-state index is 0.231. The summed E-state index contributed by atoms with van der Waals surface area (Å²) >= 11 is 0. The molecule has 1 atom stereocenters. The maximum atomic E-state index is 12.3. The molecule has 1 amide bonds. The van der Waals surface area contributed by atoms with Crippen molar-refractivity contribution in [2.24, 2.45) is 0 Å². The highest BCUT2D eigenvalue weighted by atomic mass is 16.5. The lowest BCUT2D eigenvalue weighted by atomic mass is 10.1. The third-order valence-corrected chi connectivity index (χ3v) is 3.27. The molecule has 1 unspecified atom stereocenters. The van der Waals surface area contributed by atoms with Crippen LogP contribution in [-0.4, -0.2) is 49.7 Å². The Morgan fingerprint density at radius 2 is 1.89 bits per heavy atom. The second-order valence-corrected chi connectivity index (χ2v) is 4.71. The molecule has 0 aliphatic carbocycles. The Balaban J connectivity index is 4.47. The van der Waals surface area contributed by atoms with E-state index in [2.05, 4.69) is 33.0 Å². The molecular formula is C14H30N2O2. The average Bonchev–Trinajstić information content (AvgIpc) is 2.34. The average molecular weight is 258 g/mol. The third-order valence-electron chi connectivity index (χ3n) is 3.27. The minimum Gasteiger partial charge on any atom is -0.383 e. The van der Waals surface area contributed by atoms with E-state index in [4.69, 9.17) is 4.74 Å². The molecule has 4 nitrogen and oxygen atoms in total. The van der Waals surface area contributed by atoms with Crippen LogP contribution in [0.25, 0.3) is 0 Å². The summed E-state index contributed by atoms with van der Waals surface area (Å²) in [5.74, 6) is 0.231. The van der Waals surface area contributed by atoms with Crippen LogP contribution in [0.4, 0.5) is 0 Å². The molecule has 0 heterocycles. The molecule has 4 heteroatoms. The molecule has 0 aromatic rings. The number of ether oxygens (including phenoxy) is 1. The molecular weight excluding hydrogens is 228 g/mol. The molecule has 0 rings (SSSR count). The zero-order valence-electron chi connectivity index (χ0n) is 12.7. The van der Waals surface area contributed by atoms with E-state index in [1.165, 1.54) is 0 Å². The van der Waals surface area contributed by atoms with E-state index in [0.717, 1.165) is 19.4 Å². The van der Waals surface area contributed by atoms with E-state index in [1.807, 2.05) is 4.90 Å². The van der Waals surface area contributed by atoms with Gasteiger partial charge in [-0.3, -0.25) is 4.79 Å². The van der Waals surface area contributed by atoms with Crippen LogP contribution in [0.3, 0.4) is 0 Å². The Kier molecular flexibility index (Phi) is 9.98. The molecule has 0 radical (unpaired) electrons. The van der Waals surface area contributed by atoms with E-state index >= 15 is 0 Å². The Morgan fingerprint density at radius 1 is 1.28 bits per heavy atom. The number of hydrogen-bond donors (Lipinski definition) is 1. The monoisotopic (exact) mass is 258 g/mol. The van der Waals surface area contributed by atoms with E-state index in [0.29, 0.717) is 25.6 Å². The molecule has 0 aromatic carbocycles. The van der Waals surface area contributed by atoms with Crippen molar-refractivity contribution in [1.82, 2.24) is 10.2 Å². The molecule has 18 heavy (non-hydrogen) atoms. The molecule has 108 valence electrons. The largest absolute Gasteiger partial charge is 0.383 e. The van der Waals surface area contributed by atoms with Crippen LogP contribution in [0, 0.1) is 0 Å². The number of rotatable bonds is 10. The van der Waals surface area contributed by atoms with Gasteiger partial charge in [0.15, 0.2) is 0 Å². The number of methoxy groups -OCH3 is 1. The first-order valence-corrected chi connectivity index (χ1v) is 7.12. The maximum absolute atomic E-state index is 12.3. The standard InChI is InChI=1S/C14H30N2O2/c1-6-13(7-2)16(9-10-18-5)14(17)11-12(4)15-8-3/h12-13,15H,6-11H2,1-5H3. The van der Waals surface area contributed by atoms with Crippen LogP contribution in [0.5, 0.6) is 0 Å².